The molecule has 0 saturated carbocycles. The van der Waals surface area contributed by atoms with Crippen LogP contribution in [-0.2, 0) is 14.8 Å². The Labute approximate surface area is 178 Å². The molecule has 152 valence electrons. The molecular weight excluding hydrogens is 446 g/mol. The van der Waals surface area contributed by atoms with Crippen LogP contribution in [0.25, 0.3) is 0 Å². The van der Waals surface area contributed by atoms with Crippen LogP contribution in [0.15, 0.2) is 41.3 Å². The maximum Gasteiger partial charge on any atom is 0.242 e. The van der Waals surface area contributed by atoms with Crippen molar-refractivity contribution in [1.29, 1.82) is 0 Å². The molecule has 0 aromatic heterocycles. The van der Waals surface area contributed by atoms with Gasteiger partial charge >= 0.3 is 0 Å². The van der Waals surface area contributed by atoms with Gasteiger partial charge in [-0.3, -0.25) is 4.79 Å². The van der Waals surface area contributed by atoms with Gasteiger partial charge in [0.1, 0.15) is 16.8 Å². The minimum Gasteiger partial charge on any atom is -0.322 e. The molecule has 0 saturated heterocycles. The molecule has 0 aliphatic carbocycles. The fourth-order valence-electron chi connectivity index (χ4n) is 2.35. The number of hydrogen-bond acceptors (Lipinski definition) is 4. The summed E-state index contributed by atoms with van der Waals surface area (Å²) in [6.07, 6.45) is 2.04. The molecule has 0 bridgehead atoms. The normalized spacial score (nSPS) is 12.6. The van der Waals surface area contributed by atoms with Crippen molar-refractivity contribution in [2.24, 2.45) is 0 Å². The van der Waals surface area contributed by atoms with E-state index >= 15 is 0 Å². The molecule has 0 radical (unpaired) electrons. The summed E-state index contributed by atoms with van der Waals surface area (Å²) >= 11 is 13.3. The van der Waals surface area contributed by atoms with Crippen LogP contribution in [-0.4, -0.2) is 32.4 Å². The van der Waals surface area contributed by atoms with Crippen LogP contribution in [0, 0.1) is 12.7 Å². The zero-order chi connectivity index (χ0) is 20.9. The van der Waals surface area contributed by atoms with E-state index in [1.54, 1.807) is 13.0 Å². The number of anilines is 1. The Morgan fingerprint density at radius 3 is 2.57 bits per heavy atom. The maximum absolute atomic E-state index is 14.0. The number of nitrogens with one attached hydrogen (secondary N) is 2. The molecule has 1 atom stereocenters. The largest absolute Gasteiger partial charge is 0.322 e. The number of benzene rings is 2. The van der Waals surface area contributed by atoms with E-state index in [-0.39, 0.29) is 27.0 Å². The van der Waals surface area contributed by atoms with E-state index in [1.807, 2.05) is 6.26 Å². The average molecular weight is 465 g/mol. The lowest BCUT2D eigenvalue weighted by Crippen LogP contribution is -2.44. The van der Waals surface area contributed by atoms with Gasteiger partial charge in [0.2, 0.25) is 15.9 Å². The van der Waals surface area contributed by atoms with Crippen molar-refractivity contribution in [2.75, 3.05) is 17.3 Å². The van der Waals surface area contributed by atoms with E-state index in [2.05, 4.69) is 10.0 Å². The Morgan fingerprint density at radius 1 is 1.21 bits per heavy atom. The number of aryl methyl sites for hydroxylation is 1. The van der Waals surface area contributed by atoms with E-state index in [9.17, 15) is 17.6 Å². The van der Waals surface area contributed by atoms with Crippen LogP contribution in [0.1, 0.15) is 12.0 Å². The Morgan fingerprint density at radius 2 is 1.93 bits per heavy atom. The zero-order valence-electron chi connectivity index (χ0n) is 15.1. The lowest BCUT2D eigenvalue weighted by Gasteiger charge is -2.19. The van der Waals surface area contributed by atoms with Gasteiger partial charge in [-0.25, -0.2) is 12.8 Å². The van der Waals surface area contributed by atoms with Crippen molar-refractivity contribution in [3.05, 3.63) is 57.8 Å². The molecular formula is C18H19Cl2FN2O3S2. The summed E-state index contributed by atoms with van der Waals surface area (Å²) in [6, 6.07) is 7.26. The first kappa shape index (κ1) is 23.0. The molecule has 1 amide bonds. The fraction of sp³-hybridized carbons (Fsp3) is 0.278. The molecule has 0 fully saturated rings. The van der Waals surface area contributed by atoms with Gasteiger partial charge in [0, 0.05) is 5.02 Å². The third-order valence-electron chi connectivity index (χ3n) is 3.79. The zero-order valence-corrected chi connectivity index (χ0v) is 18.3. The number of amides is 1. The van der Waals surface area contributed by atoms with E-state index in [0.29, 0.717) is 11.3 Å². The van der Waals surface area contributed by atoms with E-state index in [1.165, 1.54) is 42.1 Å². The van der Waals surface area contributed by atoms with E-state index in [4.69, 9.17) is 23.2 Å². The van der Waals surface area contributed by atoms with Gasteiger partial charge in [-0.15, -0.1) is 0 Å². The van der Waals surface area contributed by atoms with E-state index < -0.39 is 27.8 Å². The van der Waals surface area contributed by atoms with Crippen molar-refractivity contribution < 1.29 is 17.6 Å². The molecule has 2 aromatic carbocycles. The third-order valence-corrected chi connectivity index (χ3v) is 6.62. The highest BCUT2D eigenvalue weighted by Gasteiger charge is 2.27. The highest BCUT2D eigenvalue weighted by molar-refractivity contribution is 7.98. The number of rotatable bonds is 8. The van der Waals surface area contributed by atoms with Crippen LogP contribution >= 0.6 is 35.0 Å². The maximum atomic E-state index is 14.0. The predicted octanol–water partition coefficient (Wildman–Crippen LogP) is 4.48. The number of halogens is 3. The molecule has 2 N–H and O–H groups in total. The highest BCUT2D eigenvalue weighted by Crippen LogP contribution is 2.25. The summed E-state index contributed by atoms with van der Waals surface area (Å²) in [6.45, 7) is 1.72. The predicted molar refractivity (Wildman–Crippen MR) is 113 cm³/mol. The Balaban J connectivity index is 2.27. The Kier molecular flexibility index (Phi) is 8.15. The van der Waals surface area contributed by atoms with Crippen molar-refractivity contribution in [3.8, 4) is 0 Å². The van der Waals surface area contributed by atoms with Crippen LogP contribution in [0.4, 0.5) is 10.1 Å². The van der Waals surface area contributed by atoms with Gasteiger partial charge in [-0.1, -0.05) is 29.3 Å². The molecule has 5 nitrogen and oxygen atoms in total. The van der Waals surface area contributed by atoms with Crippen molar-refractivity contribution in [1.82, 2.24) is 4.72 Å². The average Bonchev–Trinajstić information content (AvgIpc) is 2.62. The first-order valence-electron chi connectivity index (χ1n) is 8.17. The minimum absolute atomic E-state index is 0.0227. The molecule has 2 aromatic rings. The summed E-state index contributed by atoms with van der Waals surface area (Å²) in [4.78, 5) is 12.4. The molecule has 0 aliphatic heterocycles. The topological polar surface area (TPSA) is 75.3 Å². The summed E-state index contributed by atoms with van der Waals surface area (Å²) in [5, 5.41) is 2.61. The monoisotopic (exact) mass is 464 g/mol. The summed E-state index contributed by atoms with van der Waals surface area (Å²) in [5.41, 5.74) is 0.676. The number of carbonyl (C=O) groups excluding carboxylic acids is 1. The first-order chi connectivity index (χ1) is 13.1. The summed E-state index contributed by atoms with van der Waals surface area (Å²) < 4.78 is 41.8. The van der Waals surface area contributed by atoms with Gasteiger partial charge in [0.15, 0.2) is 0 Å². The standard InChI is InChI=1S/C18H19Cl2FN2O3S2/c1-11-3-6-15(14(21)9-11)22-18(24)16(7-8-27-2)23-28(25,26)17-10-12(19)4-5-13(17)20/h3-6,9-10,16,23H,7-8H2,1-2H3,(H,22,24). The van der Waals surface area contributed by atoms with Crippen molar-refractivity contribution in [3.63, 3.8) is 0 Å². The highest BCUT2D eigenvalue weighted by atomic mass is 35.5. The molecule has 1 unspecified atom stereocenters. The van der Waals surface area contributed by atoms with Gasteiger partial charge < -0.3 is 5.32 Å². The summed E-state index contributed by atoms with van der Waals surface area (Å²) in [7, 11) is -4.13. The molecule has 0 aliphatic rings. The SMILES string of the molecule is CSCCC(NS(=O)(=O)c1cc(Cl)ccc1Cl)C(=O)Nc1ccc(C)cc1F. The van der Waals surface area contributed by atoms with Crippen molar-refractivity contribution >= 4 is 56.6 Å². The van der Waals surface area contributed by atoms with Crippen LogP contribution < -0.4 is 10.0 Å². The van der Waals surface area contributed by atoms with Gasteiger partial charge in [0.25, 0.3) is 0 Å². The molecule has 28 heavy (non-hydrogen) atoms. The van der Waals surface area contributed by atoms with Gasteiger partial charge in [-0.2, -0.15) is 16.5 Å². The quantitative estimate of drug-likeness (QED) is 0.603. The van der Waals surface area contributed by atoms with Crippen LogP contribution in [0.2, 0.25) is 10.0 Å². The van der Waals surface area contributed by atoms with Crippen LogP contribution in [0.3, 0.4) is 0 Å². The van der Waals surface area contributed by atoms with Gasteiger partial charge in [0.05, 0.1) is 10.7 Å². The number of thioether (sulfide) groups is 1. The molecule has 0 heterocycles. The Hall–Kier alpha value is -1.32. The second-order valence-corrected chi connectivity index (χ2v) is 9.51. The number of carbonyl (C=O) groups is 1. The molecule has 2 rings (SSSR count). The van der Waals surface area contributed by atoms with Crippen LogP contribution in [0.5, 0.6) is 0 Å². The van der Waals surface area contributed by atoms with Crippen molar-refractivity contribution in [2.45, 2.75) is 24.3 Å². The smallest absolute Gasteiger partial charge is 0.242 e. The lowest BCUT2D eigenvalue weighted by atomic mass is 10.2. The number of hydrogen-bond donors (Lipinski definition) is 2. The third kappa shape index (κ3) is 6.09. The summed E-state index contributed by atoms with van der Waals surface area (Å²) in [5.74, 6) is -0.753. The number of sulfonamides is 1. The lowest BCUT2D eigenvalue weighted by molar-refractivity contribution is -0.117. The minimum atomic E-state index is -4.13. The fourth-order valence-corrected chi connectivity index (χ4v) is 4.82. The molecule has 10 heteroatoms. The van der Waals surface area contributed by atoms with Gasteiger partial charge in [-0.05, 0) is 61.2 Å². The second kappa shape index (κ2) is 9.93. The van der Waals surface area contributed by atoms with E-state index in [0.717, 1.165) is 0 Å². The Bertz CT molecular complexity index is 971. The molecule has 0 spiro atoms. The first-order valence-corrected chi connectivity index (χ1v) is 11.8. The second-order valence-electron chi connectivity index (χ2n) is 6.00.